The molecule has 37 heavy (non-hydrogen) atoms. The third kappa shape index (κ3) is 5.56. The lowest BCUT2D eigenvalue weighted by Crippen LogP contribution is -2.52. The molecule has 0 bridgehead atoms. The van der Waals surface area contributed by atoms with E-state index in [1.807, 2.05) is 6.26 Å². The van der Waals surface area contributed by atoms with Gasteiger partial charge in [0.15, 0.2) is 8.32 Å². The largest absolute Gasteiger partial charge is 0.504 e. The van der Waals surface area contributed by atoms with Crippen LogP contribution in [0.2, 0.25) is 18.1 Å². The maximum absolute atomic E-state index is 6.95. The third-order valence-electron chi connectivity index (χ3n) is 12.6. The minimum Gasteiger partial charge on any atom is -0.504 e. The third-order valence-corrected chi connectivity index (χ3v) is 17.2. The lowest BCUT2D eigenvalue weighted by Gasteiger charge is -2.59. The van der Waals surface area contributed by atoms with Crippen molar-refractivity contribution >= 4 is 8.32 Å². The highest BCUT2D eigenvalue weighted by atomic mass is 28.4. The summed E-state index contributed by atoms with van der Waals surface area (Å²) in [4.78, 5) is 0. The summed E-state index contributed by atoms with van der Waals surface area (Å²) >= 11 is 0. The standard InChI is InChI=1S/C34H60O2Si/c1-24(23-35-8)12-11-13-25(2)29-16-17-30-28-15-14-26-22-27(36-37(9,10)32(3,4)5)18-20-33(26,6)31(28)19-21-34(29,30)7/h14,23,25,27-31H,11-13,15-22H2,1-10H3/b24-23+/t25-,27?,28+,29-,30+,31+,33+,34-/m1/s1. The van der Waals surface area contributed by atoms with E-state index in [0.717, 1.165) is 29.6 Å². The molecule has 0 aromatic rings. The van der Waals surface area contributed by atoms with Crippen molar-refractivity contribution in [2.24, 2.45) is 40.4 Å². The Balaban J connectivity index is 1.42. The summed E-state index contributed by atoms with van der Waals surface area (Å²) in [6.07, 6.45) is 20.0. The second-order valence-electron chi connectivity index (χ2n) is 15.8. The monoisotopic (exact) mass is 528 g/mol. The molecule has 0 saturated heterocycles. The number of hydrogen-bond acceptors (Lipinski definition) is 2. The summed E-state index contributed by atoms with van der Waals surface area (Å²) in [6, 6.07) is 0. The molecule has 2 nitrogen and oxygen atoms in total. The molecule has 4 rings (SSSR count). The molecule has 0 aromatic heterocycles. The van der Waals surface area contributed by atoms with Crippen molar-refractivity contribution in [1.29, 1.82) is 0 Å². The zero-order valence-corrected chi connectivity index (χ0v) is 27.2. The van der Waals surface area contributed by atoms with E-state index >= 15 is 0 Å². The van der Waals surface area contributed by atoms with E-state index in [1.54, 1.807) is 12.7 Å². The van der Waals surface area contributed by atoms with Crippen LogP contribution in [0, 0.1) is 40.4 Å². The van der Waals surface area contributed by atoms with E-state index in [2.05, 4.69) is 67.6 Å². The first-order valence-electron chi connectivity index (χ1n) is 15.8. The Morgan fingerprint density at radius 3 is 2.51 bits per heavy atom. The number of ether oxygens (including phenoxy) is 1. The van der Waals surface area contributed by atoms with E-state index in [0.29, 0.717) is 22.0 Å². The second-order valence-corrected chi connectivity index (χ2v) is 20.6. The van der Waals surface area contributed by atoms with E-state index in [-0.39, 0.29) is 0 Å². The quantitative estimate of drug-likeness (QED) is 0.177. The molecular weight excluding hydrogens is 468 g/mol. The van der Waals surface area contributed by atoms with Crippen molar-refractivity contribution in [1.82, 2.24) is 0 Å². The van der Waals surface area contributed by atoms with Crippen LogP contribution in [0.4, 0.5) is 0 Å². The second kappa shape index (κ2) is 10.8. The van der Waals surface area contributed by atoms with Gasteiger partial charge in [-0.05, 0) is 135 Å². The normalized spacial score (nSPS) is 39.4. The minimum atomic E-state index is -1.71. The van der Waals surface area contributed by atoms with Crippen molar-refractivity contribution in [3.8, 4) is 0 Å². The highest BCUT2D eigenvalue weighted by Crippen LogP contribution is 2.67. The predicted molar refractivity (Wildman–Crippen MR) is 161 cm³/mol. The van der Waals surface area contributed by atoms with E-state index in [4.69, 9.17) is 9.16 Å². The Morgan fingerprint density at radius 2 is 1.84 bits per heavy atom. The summed E-state index contributed by atoms with van der Waals surface area (Å²) in [6.45, 7) is 22.2. The zero-order chi connectivity index (χ0) is 27.2. The van der Waals surface area contributed by atoms with Gasteiger partial charge >= 0.3 is 0 Å². The molecule has 1 unspecified atom stereocenters. The van der Waals surface area contributed by atoms with E-state index in [9.17, 15) is 0 Å². The van der Waals surface area contributed by atoms with Crippen molar-refractivity contribution in [2.75, 3.05) is 7.11 Å². The number of methoxy groups -OCH3 is 1. The molecule has 3 heteroatoms. The Bertz CT molecular complexity index is 866. The van der Waals surface area contributed by atoms with Crippen LogP contribution in [0.1, 0.15) is 119 Å². The molecule has 8 atom stereocenters. The summed E-state index contributed by atoms with van der Waals surface area (Å²) in [5, 5.41) is 0.295. The van der Waals surface area contributed by atoms with E-state index in [1.165, 1.54) is 76.2 Å². The van der Waals surface area contributed by atoms with Crippen molar-refractivity contribution in [3.05, 3.63) is 23.5 Å². The topological polar surface area (TPSA) is 18.5 Å². The van der Waals surface area contributed by atoms with Gasteiger partial charge in [0, 0.05) is 6.10 Å². The average molecular weight is 529 g/mol. The van der Waals surface area contributed by atoms with Gasteiger partial charge < -0.3 is 9.16 Å². The molecule has 0 radical (unpaired) electrons. The summed E-state index contributed by atoms with van der Waals surface area (Å²) < 4.78 is 12.2. The fraction of sp³-hybridized carbons (Fsp3) is 0.882. The molecule has 4 aliphatic carbocycles. The lowest BCUT2D eigenvalue weighted by molar-refractivity contribution is -0.0564. The lowest BCUT2D eigenvalue weighted by atomic mass is 9.47. The van der Waals surface area contributed by atoms with Gasteiger partial charge in [-0.1, -0.05) is 59.6 Å². The molecule has 0 amide bonds. The zero-order valence-electron chi connectivity index (χ0n) is 26.2. The summed E-state index contributed by atoms with van der Waals surface area (Å²) in [5.41, 5.74) is 4.14. The highest BCUT2D eigenvalue weighted by Gasteiger charge is 2.59. The number of fused-ring (bicyclic) bond motifs is 5. The maximum Gasteiger partial charge on any atom is 0.192 e. The van der Waals surface area contributed by atoms with Crippen LogP contribution >= 0.6 is 0 Å². The molecular formula is C34H60O2Si. The van der Waals surface area contributed by atoms with Gasteiger partial charge in [-0.3, -0.25) is 0 Å². The molecule has 0 aliphatic heterocycles. The SMILES string of the molecule is CO/C=C(\C)CCC[C@@H](C)[C@H]1CC[C@H]2[C@@H]3CC=C4CC(O[Si](C)(C)C(C)(C)C)CC[C@]4(C)[C@H]3CC[C@]12C. The van der Waals surface area contributed by atoms with Crippen molar-refractivity contribution in [3.63, 3.8) is 0 Å². The fourth-order valence-electron chi connectivity index (χ4n) is 9.46. The molecule has 212 valence electrons. The Labute approximate surface area is 231 Å². The van der Waals surface area contributed by atoms with Gasteiger partial charge in [-0.25, -0.2) is 0 Å². The molecule has 0 heterocycles. The van der Waals surface area contributed by atoms with E-state index < -0.39 is 8.32 Å². The predicted octanol–water partition coefficient (Wildman–Crippen LogP) is 10.3. The highest BCUT2D eigenvalue weighted by molar-refractivity contribution is 6.74. The minimum absolute atomic E-state index is 0.295. The van der Waals surface area contributed by atoms with Crippen LogP contribution in [-0.4, -0.2) is 21.5 Å². The van der Waals surface area contributed by atoms with Crippen LogP contribution in [-0.2, 0) is 9.16 Å². The Hall–Kier alpha value is -0.543. The van der Waals surface area contributed by atoms with Crippen LogP contribution in [0.25, 0.3) is 0 Å². The molecule has 3 saturated carbocycles. The number of allylic oxidation sites excluding steroid dienone is 2. The fourth-order valence-corrected chi connectivity index (χ4v) is 10.8. The smallest absolute Gasteiger partial charge is 0.192 e. The van der Waals surface area contributed by atoms with Gasteiger partial charge in [-0.2, -0.15) is 0 Å². The summed E-state index contributed by atoms with van der Waals surface area (Å²) in [7, 11) is 0.0536. The number of hydrogen-bond donors (Lipinski definition) is 0. The van der Waals surface area contributed by atoms with Gasteiger partial charge in [0.25, 0.3) is 0 Å². The first kappa shape index (κ1) is 29.4. The maximum atomic E-state index is 6.95. The molecule has 0 spiro atoms. The molecule has 3 fully saturated rings. The van der Waals surface area contributed by atoms with Crippen LogP contribution in [0.15, 0.2) is 23.5 Å². The summed E-state index contributed by atoms with van der Waals surface area (Å²) in [5.74, 6) is 4.50. The number of rotatable bonds is 8. The Morgan fingerprint density at radius 1 is 1.11 bits per heavy atom. The van der Waals surface area contributed by atoms with Crippen molar-refractivity contribution < 1.29 is 9.16 Å². The average Bonchev–Trinajstić information content (AvgIpc) is 3.16. The van der Waals surface area contributed by atoms with Crippen LogP contribution in [0.5, 0.6) is 0 Å². The molecule has 0 aromatic carbocycles. The van der Waals surface area contributed by atoms with Gasteiger partial charge in [0.2, 0.25) is 0 Å². The molecule has 0 N–H and O–H groups in total. The first-order chi connectivity index (χ1) is 17.2. The van der Waals surface area contributed by atoms with Gasteiger partial charge in [0.1, 0.15) is 0 Å². The van der Waals surface area contributed by atoms with Crippen LogP contribution < -0.4 is 0 Å². The van der Waals surface area contributed by atoms with Gasteiger partial charge in [0.05, 0.1) is 13.4 Å². The van der Waals surface area contributed by atoms with Crippen molar-refractivity contribution in [2.45, 2.75) is 143 Å². The van der Waals surface area contributed by atoms with Crippen LogP contribution in [0.3, 0.4) is 0 Å². The first-order valence-corrected chi connectivity index (χ1v) is 18.7. The molecule has 4 aliphatic rings. The van der Waals surface area contributed by atoms with Gasteiger partial charge in [-0.15, -0.1) is 0 Å². The Kier molecular flexibility index (Phi) is 8.59.